The van der Waals surface area contributed by atoms with Crippen molar-refractivity contribution in [2.75, 3.05) is 13.2 Å². The van der Waals surface area contributed by atoms with Gasteiger partial charge in [0.1, 0.15) is 16.5 Å². The summed E-state index contributed by atoms with van der Waals surface area (Å²) in [6.07, 6.45) is 12.6. The summed E-state index contributed by atoms with van der Waals surface area (Å²) in [7, 11) is 0. The molecule has 3 aromatic rings. The van der Waals surface area contributed by atoms with Crippen molar-refractivity contribution in [1.29, 1.82) is 0 Å². The van der Waals surface area contributed by atoms with Gasteiger partial charge in [-0.3, -0.25) is 0 Å². The SMILES string of the molecule is CCCCCCCCOc1ccc2nc(-c3ccc(OCCCCCC)cc3)sc2c1. The predicted molar refractivity (Wildman–Crippen MR) is 134 cm³/mol. The number of fused-ring (bicyclic) bond motifs is 1. The van der Waals surface area contributed by atoms with Crippen LogP contribution in [0, 0.1) is 0 Å². The molecule has 0 bridgehead atoms. The first-order valence-electron chi connectivity index (χ1n) is 12.1. The number of nitrogens with zero attached hydrogens (tertiary/aromatic N) is 1. The molecule has 0 radical (unpaired) electrons. The van der Waals surface area contributed by atoms with Crippen molar-refractivity contribution >= 4 is 21.6 Å². The van der Waals surface area contributed by atoms with E-state index in [1.54, 1.807) is 11.3 Å². The molecule has 0 fully saturated rings. The molecule has 0 aliphatic rings. The van der Waals surface area contributed by atoms with Crippen LogP contribution in [0.25, 0.3) is 20.8 Å². The van der Waals surface area contributed by atoms with E-state index in [0.717, 1.165) is 53.6 Å². The molecule has 1 heterocycles. The molecule has 31 heavy (non-hydrogen) atoms. The number of hydrogen-bond donors (Lipinski definition) is 0. The second kappa shape index (κ2) is 13.4. The summed E-state index contributed by atoms with van der Waals surface area (Å²) < 4.78 is 13.0. The quantitative estimate of drug-likeness (QED) is 0.222. The molecule has 2 aromatic carbocycles. The summed E-state index contributed by atoms with van der Waals surface area (Å²) in [5.74, 6) is 1.88. The third-order valence-electron chi connectivity index (χ3n) is 5.49. The second-order valence-corrected chi connectivity index (χ2v) is 9.23. The van der Waals surface area contributed by atoms with Crippen LogP contribution < -0.4 is 9.47 Å². The Morgan fingerprint density at radius 1 is 0.677 bits per heavy atom. The maximum atomic E-state index is 5.98. The van der Waals surface area contributed by atoms with Gasteiger partial charge >= 0.3 is 0 Å². The fourth-order valence-corrected chi connectivity index (χ4v) is 4.60. The molecule has 0 N–H and O–H groups in total. The van der Waals surface area contributed by atoms with Crippen LogP contribution in [0.3, 0.4) is 0 Å². The van der Waals surface area contributed by atoms with Gasteiger partial charge in [-0.1, -0.05) is 65.2 Å². The average molecular weight is 440 g/mol. The van der Waals surface area contributed by atoms with E-state index >= 15 is 0 Å². The van der Waals surface area contributed by atoms with Crippen LogP contribution in [0.5, 0.6) is 11.5 Å². The average Bonchev–Trinajstić information content (AvgIpc) is 3.22. The Hall–Kier alpha value is -2.07. The summed E-state index contributed by atoms with van der Waals surface area (Å²) in [6, 6.07) is 14.6. The predicted octanol–water partition coefficient (Wildman–Crippen LogP) is 8.66. The molecule has 0 saturated carbocycles. The van der Waals surface area contributed by atoms with E-state index in [9.17, 15) is 0 Å². The van der Waals surface area contributed by atoms with Crippen LogP contribution >= 0.6 is 11.3 Å². The Balaban J connectivity index is 1.50. The van der Waals surface area contributed by atoms with Crippen LogP contribution in [0.1, 0.15) is 78.1 Å². The summed E-state index contributed by atoms with van der Waals surface area (Å²) in [6.45, 7) is 6.07. The summed E-state index contributed by atoms with van der Waals surface area (Å²) in [5.41, 5.74) is 2.16. The fraction of sp³-hybridized carbons (Fsp3) is 0.519. The maximum Gasteiger partial charge on any atom is 0.124 e. The largest absolute Gasteiger partial charge is 0.494 e. The molecule has 3 nitrogen and oxygen atoms in total. The van der Waals surface area contributed by atoms with Gasteiger partial charge in [-0.2, -0.15) is 0 Å². The fourth-order valence-electron chi connectivity index (χ4n) is 3.60. The number of aromatic nitrogens is 1. The van der Waals surface area contributed by atoms with Gasteiger partial charge in [0.05, 0.1) is 23.4 Å². The lowest BCUT2D eigenvalue weighted by Gasteiger charge is -2.06. The molecular weight excluding hydrogens is 402 g/mol. The molecule has 168 valence electrons. The zero-order valence-electron chi connectivity index (χ0n) is 19.2. The standard InChI is InChI=1S/C27H37NO2S/c1-3-5-7-9-10-12-20-30-24-17-18-25-26(21-24)31-27(28-25)22-13-15-23(16-14-22)29-19-11-8-6-4-2/h13-18,21H,3-12,19-20H2,1-2H3. The molecule has 3 rings (SSSR count). The highest BCUT2D eigenvalue weighted by molar-refractivity contribution is 7.21. The second-order valence-electron chi connectivity index (χ2n) is 8.20. The molecule has 4 heteroatoms. The summed E-state index contributed by atoms with van der Waals surface area (Å²) in [4.78, 5) is 4.81. The van der Waals surface area contributed by atoms with Crippen molar-refractivity contribution in [1.82, 2.24) is 4.98 Å². The third-order valence-corrected chi connectivity index (χ3v) is 6.56. The van der Waals surface area contributed by atoms with Gasteiger partial charge < -0.3 is 9.47 Å². The monoisotopic (exact) mass is 439 g/mol. The molecule has 1 aromatic heterocycles. The zero-order chi connectivity index (χ0) is 21.7. The van der Waals surface area contributed by atoms with E-state index in [1.807, 2.05) is 6.07 Å². The lowest BCUT2D eigenvalue weighted by atomic mass is 10.1. The van der Waals surface area contributed by atoms with E-state index in [4.69, 9.17) is 14.5 Å². The summed E-state index contributed by atoms with van der Waals surface area (Å²) in [5, 5.41) is 1.04. The molecule has 0 aliphatic heterocycles. The third kappa shape index (κ3) is 7.84. The minimum absolute atomic E-state index is 0.794. The zero-order valence-corrected chi connectivity index (χ0v) is 20.0. The van der Waals surface area contributed by atoms with Gasteiger partial charge in [0.2, 0.25) is 0 Å². The smallest absolute Gasteiger partial charge is 0.124 e. The Labute approximate surface area is 191 Å². The van der Waals surface area contributed by atoms with E-state index in [0.29, 0.717) is 0 Å². The van der Waals surface area contributed by atoms with Crippen LogP contribution in [0.15, 0.2) is 42.5 Å². The van der Waals surface area contributed by atoms with Crippen molar-refractivity contribution in [3.8, 4) is 22.1 Å². The minimum atomic E-state index is 0.794. The minimum Gasteiger partial charge on any atom is -0.494 e. The van der Waals surface area contributed by atoms with E-state index < -0.39 is 0 Å². The number of ether oxygens (including phenoxy) is 2. The van der Waals surface area contributed by atoms with Crippen LogP contribution in [-0.2, 0) is 0 Å². The Bertz CT molecular complexity index is 888. The Morgan fingerprint density at radius 2 is 1.26 bits per heavy atom. The molecular formula is C27H37NO2S. The Kier molecular flexibility index (Phi) is 10.2. The van der Waals surface area contributed by atoms with Gasteiger partial charge in [0.25, 0.3) is 0 Å². The Morgan fingerprint density at radius 3 is 1.97 bits per heavy atom. The van der Waals surface area contributed by atoms with E-state index in [2.05, 4.69) is 50.2 Å². The van der Waals surface area contributed by atoms with Gasteiger partial charge in [-0.05, 0) is 55.3 Å². The molecule has 0 spiro atoms. The van der Waals surface area contributed by atoms with Gasteiger partial charge in [0, 0.05) is 5.56 Å². The first-order chi connectivity index (χ1) is 15.3. The van der Waals surface area contributed by atoms with Crippen molar-refractivity contribution in [3.63, 3.8) is 0 Å². The number of thiazole rings is 1. The van der Waals surface area contributed by atoms with Crippen molar-refractivity contribution in [2.24, 2.45) is 0 Å². The molecule has 0 amide bonds. The molecule has 0 saturated heterocycles. The number of benzene rings is 2. The maximum absolute atomic E-state index is 5.98. The highest BCUT2D eigenvalue weighted by Crippen LogP contribution is 2.33. The van der Waals surface area contributed by atoms with Crippen LogP contribution in [0.4, 0.5) is 0 Å². The first kappa shape index (κ1) is 23.6. The van der Waals surface area contributed by atoms with Crippen molar-refractivity contribution < 1.29 is 9.47 Å². The molecule has 0 atom stereocenters. The lowest BCUT2D eigenvalue weighted by molar-refractivity contribution is 0.304. The number of unbranched alkanes of at least 4 members (excludes halogenated alkanes) is 8. The van der Waals surface area contributed by atoms with Crippen LogP contribution in [-0.4, -0.2) is 18.2 Å². The first-order valence-corrected chi connectivity index (χ1v) is 12.9. The van der Waals surface area contributed by atoms with Gasteiger partial charge in [-0.15, -0.1) is 11.3 Å². The van der Waals surface area contributed by atoms with Crippen molar-refractivity contribution in [2.45, 2.75) is 78.1 Å². The highest BCUT2D eigenvalue weighted by atomic mass is 32.1. The lowest BCUT2D eigenvalue weighted by Crippen LogP contribution is -1.97. The van der Waals surface area contributed by atoms with E-state index in [-0.39, 0.29) is 0 Å². The van der Waals surface area contributed by atoms with Crippen LogP contribution in [0.2, 0.25) is 0 Å². The van der Waals surface area contributed by atoms with Gasteiger partial charge in [0.15, 0.2) is 0 Å². The molecule has 0 unspecified atom stereocenters. The molecule has 0 aliphatic carbocycles. The van der Waals surface area contributed by atoms with Crippen molar-refractivity contribution in [3.05, 3.63) is 42.5 Å². The van der Waals surface area contributed by atoms with E-state index in [1.165, 1.54) is 56.1 Å². The highest BCUT2D eigenvalue weighted by Gasteiger charge is 2.08. The summed E-state index contributed by atoms with van der Waals surface area (Å²) >= 11 is 1.72. The topological polar surface area (TPSA) is 31.4 Å². The number of hydrogen-bond acceptors (Lipinski definition) is 4. The normalized spacial score (nSPS) is 11.2. The van der Waals surface area contributed by atoms with Gasteiger partial charge in [-0.25, -0.2) is 4.98 Å². The number of rotatable bonds is 15.